The maximum atomic E-state index is 12.1. The van der Waals surface area contributed by atoms with Gasteiger partial charge in [-0.3, -0.25) is 4.79 Å². The normalized spacial score (nSPS) is 13.8. The molecule has 0 radical (unpaired) electrons. The molecule has 0 rings (SSSR count). The van der Waals surface area contributed by atoms with E-state index in [1.54, 1.807) is 34.7 Å². The molecule has 16 heavy (non-hydrogen) atoms. The van der Waals surface area contributed by atoms with Crippen LogP contribution in [0.15, 0.2) is 5.16 Å². The Morgan fingerprint density at radius 1 is 1.38 bits per heavy atom. The number of aliphatic hydroxyl groups excluding tert-OH is 1. The molecule has 4 N–H and O–H groups in total. The summed E-state index contributed by atoms with van der Waals surface area (Å²) in [7, 11) is 1.57. The summed E-state index contributed by atoms with van der Waals surface area (Å²) in [5.41, 5.74) is 3.67. The molecule has 0 saturated carbocycles. The van der Waals surface area contributed by atoms with Crippen molar-refractivity contribution >= 4 is 11.7 Å². The molecule has 0 atom stereocenters. The van der Waals surface area contributed by atoms with E-state index < -0.39 is 11.0 Å². The maximum absolute atomic E-state index is 12.1. The van der Waals surface area contributed by atoms with Crippen LogP contribution in [0.5, 0.6) is 0 Å². The predicted molar refractivity (Wildman–Crippen MR) is 61.1 cm³/mol. The Balaban J connectivity index is 5.09. The van der Waals surface area contributed by atoms with Crippen molar-refractivity contribution in [2.24, 2.45) is 16.3 Å². The van der Waals surface area contributed by atoms with Gasteiger partial charge >= 0.3 is 0 Å². The lowest BCUT2D eigenvalue weighted by molar-refractivity contribution is -0.142. The molecule has 6 nitrogen and oxygen atoms in total. The molecule has 0 aromatic rings. The number of rotatable bonds is 4. The van der Waals surface area contributed by atoms with Crippen molar-refractivity contribution in [1.82, 2.24) is 4.90 Å². The van der Waals surface area contributed by atoms with Crippen molar-refractivity contribution in [3.8, 4) is 0 Å². The molecule has 94 valence electrons. The molecule has 0 unspecified atom stereocenters. The number of nitrogens with zero attached hydrogens (tertiary/aromatic N) is 2. The molecule has 0 spiro atoms. The van der Waals surface area contributed by atoms with E-state index >= 15 is 0 Å². The molecule has 0 saturated heterocycles. The molecule has 0 fully saturated rings. The molecule has 6 heteroatoms. The first-order valence-electron chi connectivity index (χ1n) is 4.98. The molecule has 0 heterocycles. The molecule has 0 aromatic carbocycles. The zero-order valence-electron chi connectivity index (χ0n) is 10.5. The number of amidine groups is 1. The van der Waals surface area contributed by atoms with Crippen molar-refractivity contribution in [2.75, 3.05) is 13.7 Å². The zero-order valence-corrected chi connectivity index (χ0v) is 10.5. The van der Waals surface area contributed by atoms with E-state index in [9.17, 15) is 9.90 Å². The largest absolute Gasteiger partial charge is 0.409 e. The fraction of sp³-hybridized carbons (Fsp3) is 0.800. The Kier molecular flexibility index (Phi) is 4.31. The average Bonchev–Trinajstić information content (AvgIpc) is 2.25. The Bertz CT molecular complexity index is 298. The van der Waals surface area contributed by atoms with E-state index in [0.717, 1.165) is 0 Å². The van der Waals surface area contributed by atoms with Crippen LogP contribution in [0.4, 0.5) is 0 Å². The highest BCUT2D eigenvalue weighted by Crippen LogP contribution is 2.23. The van der Waals surface area contributed by atoms with Crippen LogP contribution in [0.3, 0.4) is 0 Å². The topological polar surface area (TPSA) is 99.2 Å². The number of hydrogen-bond acceptors (Lipinski definition) is 4. The summed E-state index contributed by atoms with van der Waals surface area (Å²) in [6.45, 7) is 6.42. The zero-order chi connectivity index (χ0) is 13.1. The molecule has 1 amide bonds. The Morgan fingerprint density at radius 3 is 2.12 bits per heavy atom. The molecule has 0 aliphatic heterocycles. The van der Waals surface area contributed by atoms with Gasteiger partial charge in [0.1, 0.15) is 5.41 Å². The number of likely N-dealkylation sites (N-methyl/N-ethyl adjacent to an activating group) is 1. The lowest BCUT2D eigenvalue weighted by Gasteiger charge is -2.38. The quantitative estimate of drug-likeness (QED) is 0.274. The minimum absolute atomic E-state index is 0.155. The van der Waals surface area contributed by atoms with Crippen molar-refractivity contribution < 1.29 is 15.1 Å². The summed E-state index contributed by atoms with van der Waals surface area (Å²) in [6.07, 6.45) is 0. The first kappa shape index (κ1) is 14.7. The first-order valence-corrected chi connectivity index (χ1v) is 4.98. The van der Waals surface area contributed by atoms with E-state index in [0.29, 0.717) is 0 Å². The SMILES string of the molecule is CN(C(=O)C(C)(C)C(N)=NO)C(C)(C)CO. The number of nitrogens with two attached hydrogens (primary N) is 1. The van der Waals surface area contributed by atoms with E-state index in [1.807, 2.05) is 0 Å². The van der Waals surface area contributed by atoms with Crippen LogP contribution in [0.2, 0.25) is 0 Å². The van der Waals surface area contributed by atoms with Crippen molar-refractivity contribution in [3.05, 3.63) is 0 Å². The van der Waals surface area contributed by atoms with Crippen molar-refractivity contribution in [1.29, 1.82) is 0 Å². The number of carbonyl (C=O) groups is 1. The number of hydrogen-bond donors (Lipinski definition) is 3. The molecular formula is C10H21N3O3. The van der Waals surface area contributed by atoms with E-state index in [1.165, 1.54) is 4.90 Å². The number of amides is 1. The van der Waals surface area contributed by atoms with Gasteiger partial charge in [0, 0.05) is 7.05 Å². The summed E-state index contributed by atoms with van der Waals surface area (Å²) < 4.78 is 0. The van der Waals surface area contributed by atoms with Gasteiger partial charge < -0.3 is 20.9 Å². The number of carbonyl (C=O) groups excluding carboxylic acids is 1. The molecular weight excluding hydrogens is 210 g/mol. The second kappa shape index (κ2) is 4.69. The van der Waals surface area contributed by atoms with Gasteiger partial charge in [0.2, 0.25) is 5.91 Å². The second-order valence-electron chi connectivity index (χ2n) is 4.94. The number of oxime groups is 1. The summed E-state index contributed by atoms with van der Waals surface area (Å²) in [6, 6.07) is 0. The van der Waals surface area contributed by atoms with E-state index in [2.05, 4.69) is 5.16 Å². The molecule has 0 bridgehead atoms. The fourth-order valence-electron chi connectivity index (χ4n) is 1.03. The van der Waals surface area contributed by atoms with Gasteiger partial charge in [-0.2, -0.15) is 0 Å². The predicted octanol–water partition coefficient (Wildman–Crippen LogP) is -0.0117. The van der Waals surface area contributed by atoms with E-state index in [4.69, 9.17) is 10.9 Å². The van der Waals surface area contributed by atoms with Crippen LogP contribution >= 0.6 is 0 Å². The molecule has 0 aliphatic rings. The summed E-state index contributed by atoms with van der Waals surface area (Å²) in [4.78, 5) is 13.5. The molecule has 0 aromatic heterocycles. The van der Waals surface area contributed by atoms with E-state index in [-0.39, 0.29) is 18.3 Å². The van der Waals surface area contributed by atoms with Crippen molar-refractivity contribution in [2.45, 2.75) is 33.2 Å². The third-order valence-electron chi connectivity index (χ3n) is 2.88. The Labute approximate surface area is 95.7 Å². The fourth-order valence-corrected chi connectivity index (χ4v) is 1.03. The van der Waals surface area contributed by atoms with Gasteiger partial charge in [-0.25, -0.2) is 0 Å². The summed E-state index contributed by atoms with van der Waals surface area (Å²) in [5.74, 6) is -0.472. The summed E-state index contributed by atoms with van der Waals surface area (Å²) >= 11 is 0. The smallest absolute Gasteiger partial charge is 0.236 e. The Hall–Kier alpha value is -1.30. The highest BCUT2D eigenvalue weighted by atomic mass is 16.4. The second-order valence-corrected chi connectivity index (χ2v) is 4.94. The number of aliphatic hydroxyl groups is 1. The Morgan fingerprint density at radius 2 is 1.81 bits per heavy atom. The van der Waals surface area contributed by atoms with Crippen LogP contribution in [0.25, 0.3) is 0 Å². The molecule has 0 aliphatic carbocycles. The first-order chi connectivity index (χ1) is 7.11. The van der Waals surface area contributed by atoms with Gasteiger partial charge in [-0.1, -0.05) is 5.16 Å². The van der Waals surface area contributed by atoms with Gasteiger partial charge in [0.25, 0.3) is 0 Å². The highest BCUT2D eigenvalue weighted by Gasteiger charge is 2.39. The van der Waals surface area contributed by atoms with Gasteiger partial charge in [0.15, 0.2) is 5.84 Å². The van der Waals surface area contributed by atoms with Crippen LogP contribution in [0.1, 0.15) is 27.7 Å². The van der Waals surface area contributed by atoms with Crippen LogP contribution < -0.4 is 5.73 Å². The van der Waals surface area contributed by atoms with Gasteiger partial charge in [-0.05, 0) is 27.7 Å². The minimum Gasteiger partial charge on any atom is -0.409 e. The lowest BCUT2D eigenvalue weighted by atomic mass is 9.88. The van der Waals surface area contributed by atoms with Crippen LogP contribution in [-0.4, -0.2) is 46.1 Å². The van der Waals surface area contributed by atoms with Crippen molar-refractivity contribution in [3.63, 3.8) is 0 Å². The van der Waals surface area contributed by atoms with Crippen LogP contribution in [-0.2, 0) is 4.79 Å². The summed E-state index contributed by atoms with van der Waals surface area (Å²) in [5, 5.41) is 20.6. The van der Waals surface area contributed by atoms with Gasteiger partial charge in [-0.15, -0.1) is 0 Å². The third kappa shape index (κ3) is 2.63. The van der Waals surface area contributed by atoms with Crippen LogP contribution in [0, 0.1) is 5.41 Å². The highest BCUT2D eigenvalue weighted by molar-refractivity contribution is 6.06. The lowest BCUT2D eigenvalue weighted by Crippen LogP contribution is -2.55. The third-order valence-corrected chi connectivity index (χ3v) is 2.88. The standard InChI is InChI=1S/C10H21N3O3/c1-9(2,6-14)13(5)8(15)10(3,4)7(11)12-16/h14,16H,6H2,1-5H3,(H2,11,12). The minimum atomic E-state index is -1.10. The maximum Gasteiger partial charge on any atom is 0.236 e. The average molecular weight is 231 g/mol. The van der Waals surface area contributed by atoms with Gasteiger partial charge in [0.05, 0.1) is 12.1 Å². The monoisotopic (exact) mass is 231 g/mol.